The Hall–Kier alpha value is -1.83. The van der Waals surface area contributed by atoms with Crippen LogP contribution in [0.5, 0.6) is 0 Å². The van der Waals surface area contributed by atoms with E-state index in [1.54, 1.807) is 12.1 Å². The lowest BCUT2D eigenvalue weighted by Crippen LogP contribution is -2.36. The van der Waals surface area contributed by atoms with Crippen LogP contribution >= 0.6 is 0 Å². The van der Waals surface area contributed by atoms with Gasteiger partial charge in [-0.1, -0.05) is 12.1 Å². The zero-order chi connectivity index (χ0) is 16.1. The molecule has 7 heteroatoms. The number of fused-ring (bicyclic) bond motifs is 1. The van der Waals surface area contributed by atoms with E-state index in [2.05, 4.69) is 19.7 Å². The lowest BCUT2D eigenvalue weighted by Gasteiger charge is -2.27. The van der Waals surface area contributed by atoms with Gasteiger partial charge in [0.25, 0.3) is 0 Å². The predicted molar refractivity (Wildman–Crippen MR) is 84.4 cm³/mol. The van der Waals surface area contributed by atoms with Crippen LogP contribution in [0.1, 0.15) is 17.2 Å². The Morgan fingerprint density at radius 2 is 2.13 bits per heavy atom. The molecule has 2 N–H and O–H groups in total. The van der Waals surface area contributed by atoms with Crippen LogP contribution < -0.4 is 5.73 Å². The van der Waals surface area contributed by atoms with Crippen LogP contribution in [0.2, 0.25) is 0 Å². The number of hydrogen-bond donors (Lipinski definition) is 1. The summed E-state index contributed by atoms with van der Waals surface area (Å²) < 4.78 is 20.9. The van der Waals surface area contributed by atoms with E-state index in [0.717, 1.165) is 43.4 Å². The first-order valence-corrected chi connectivity index (χ1v) is 7.92. The highest BCUT2D eigenvalue weighted by atomic mass is 19.1. The average Bonchev–Trinajstić information content (AvgIpc) is 2.94. The molecule has 0 amide bonds. The molecule has 0 saturated heterocycles. The first-order valence-electron chi connectivity index (χ1n) is 7.92. The number of benzene rings is 1. The molecule has 1 aliphatic heterocycles. The van der Waals surface area contributed by atoms with Gasteiger partial charge >= 0.3 is 0 Å². The molecule has 0 atom stereocenters. The number of nitrogens with two attached hydrogens (primary N) is 1. The van der Waals surface area contributed by atoms with Crippen LogP contribution in [-0.4, -0.2) is 52.5 Å². The lowest BCUT2D eigenvalue weighted by molar-refractivity contribution is 0.0975. The maximum absolute atomic E-state index is 13.3. The molecule has 0 aliphatic carbocycles. The molecule has 2 aromatic rings. The largest absolute Gasteiger partial charge is 0.379 e. The number of nitrogens with zero attached hydrogens (tertiary/aromatic N) is 4. The summed E-state index contributed by atoms with van der Waals surface area (Å²) in [5, 5.41) is 8.57. The summed E-state index contributed by atoms with van der Waals surface area (Å²) in [6, 6.07) is 6.63. The second-order valence-corrected chi connectivity index (χ2v) is 5.67. The first-order chi connectivity index (χ1) is 11.3. The summed E-state index contributed by atoms with van der Waals surface area (Å²) in [6.07, 6.45) is 0.602. The van der Waals surface area contributed by atoms with Crippen LogP contribution in [0.3, 0.4) is 0 Å². The van der Waals surface area contributed by atoms with Gasteiger partial charge in [0, 0.05) is 32.6 Å². The minimum Gasteiger partial charge on any atom is -0.379 e. The molecule has 0 unspecified atom stereocenters. The van der Waals surface area contributed by atoms with Crippen molar-refractivity contribution in [3.63, 3.8) is 0 Å². The Bertz CT molecular complexity index is 645. The van der Waals surface area contributed by atoms with Gasteiger partial charge in [-0.3, -0.25) is 4.90 Å². The molecule has 3 rings (SSSR count). The second kappa shape index (κ2) is 7.63. The minimum atomic E-state index is -0.218. The number of aromatic nitrogens is 3. The van der Waals surface area contributed by atoms with Crippen molar-refractivity contribution in [3.05, 3.63) is 47.3 Å². The monoisotopic (exact) mass is 319 g/mol. The van der Waals surface area contributed by atoms with E-state index >= 15 is 0 Å². The van der Waals surface area contributed by atoms with Crippen LogP contribution in [0.15, 0.2) is 24.3 Å². The molecule has 6 nitrogen and oxygen atoms in total. The third kappa shape index (κ3) is 4.13. The van der Waals surface area contributed by atoms with Gasteiger partial charge in [-0.25, -0.2) is 4.39 Å². The van der Waals surface area contributed by atoms with Crippen LogP contribution in [0.25, 0.3) is 0 Å². The Morgan fingerprint density at radius 1 is 1.22 bits per heavy atom. The van der Waals surface area contributed by atoms with Crippen LogP contribution in [-0.2, 0) is 24.2 Å². The molecule has 124 valence electrons. The van der Waals surface area contributed by atoms with Gasteiger partial charge < -0.3 is 15.0 Å². The molecule has 1 aromatic heterocycles. The fourth-order valence-corrected chi connectivity index (χ4v) is 2.80. The minimum absolute atomic E-state index is 0.218. The number of halogens is 1. The third-order valence-electron chi connectivity index (χ3n) is 3.97. The summed E-state index contributed by atoms with van der Waals surface area (Å²) in [6.45, 7) is 5.26. The van der Waals surface area contributed by atoms with Gasteiger partial charge in [-0.15, -0.1) is 10.2 Å². The Morgan fingerprint density at radius 3 is 2.96 bits per heavy atom. The molecule has 2 heterocycles. The Labute approximate surface area is 135 Å². The Kier molecular flexibility index (Phi) is 5.32. The van der Waals surface area contributed by atoms with E-state index in [-0.39, 0.29) is 5.82 Å². The summed E-state index contributed by atoms with van der Waals surface area (Å²) in [5.41, 5.74) is 6.32. The van der Waals surface area contributed by atoms with Crippen molar-refractivity contribution >= 4 is 0 Å². The van der Waals surface area contributed by atoms with E-state index in [9.17, 15) is 4.39 Å². The van der Waals surface area contributed by atoms with E-state index in [4.69, 9.17) is 10.5 Å². The second-order valence-electron chi connectivity index (χ2n) is 5.67. The van der Waals surface area contributed by atoms with E-state index in [1.165, 1.54) is 6.07 Å². The summed E-state index contributed by atoms with van der Waals surface area (Å²) >= 11 is 0. The topological polar surface area (TPSA) is 69.2 Å². The van der Waals surface area contributed by atoms with Gasteiger partial charge in [0.1, 0.15) is 17.5 Å². The standard InChI is InChI=1S/C16H22FN5O/c17-14-3-1-2-13(10-14)11-15-19-20-16-12-21(5-6-22(15)16)7-9-23-8-4-18/h1-3,10H,4-9,11-12,18H2. The van der Waals surface area contributed by atoms with Gasteiger partial charge in [0.05, 0.1) is 19.8 Å². The zero-order valence-corrected chi connectivity index (χ0v) is 13.1. The molecule has 0 radical (unpaired) electrons. The van der Waals surface area contributed by atoms with E-state index in [1.807, 2.05) is 6.07 Å². The van der Waals surface area contributed by atoms with Crippen LogP contribution in [0.4, 0.5) is 4.39 Å². The predicted octanol–water partition coefficient (Wildman–Crippen LogP) is 0.799. The van der Waals surface area contributed by atoms with Crippen molar-refractivity contribution < 1.29 is 9.13 Å². The molecular weight excluding hydrogens is 297 g/mol. The SMILES string of the molecule is NCCOCCN1CCn2c(Cc3cccc(F)c3)nnc2C1. The molecule has 0 saturated carbocycles. The average molecular weight is 319 g/mol. The number of rotatable bonds is 7. The summed E-state index contributed by atoms with van der Waals surface area (Å²) in [7, 11) is 0. The van der Waals surface area contributed by atoms with E-state index < -0.39 is 0 Å². The van der Waals surface area contributed by atoms with Gasteiger partial charge in [-0.2, -0.15) is 0 Å². The van der Waals surface area contributed by atoms with Crippen molar-refractivity contribution in [1.82, 2.24) is 19.7 Å². The maximum atomic E-state index is 13.3. The normalized spacial score (nSPS) is 14.9. The number of hydrogen-bond acceptors (Lipinski definition) is 5. The molecule has 0 fully saturated rings. The maximum Gasteiger partial charge on any atom is 0.147 e. The smallest absolute Gasteiger partial charge is 0.147 e. The summed E-state index contributed by atoms with van der Waals surface area (Å²) in [4.78, 5) is 2.30. The van der Waals surface area contributed by atoms with Crippen molar-refractivity contribution in [2.45, 2.75) is 19.5 Å². The summed E-state index contributed by atoms with van der Waals surface area (Å²) in [5.74, 6) is 1.63. The molecule has 0 bridgehead atoms. The van der Waals surface area contributed by atoms with Gasteiger partial charge in [0.2, 0.25) is 0 Å². The molecule has 23 heavy (non-hydrogen) atoms. The molecule has 1 aromatic carbocycles. The third-order valence-corrected chi connectivity index (χ3v) is 3.97. The van der Waals surface area contributed by atoms with Crippen molar-refractivity contribution in [2.75, 3.05) is 32.8 Å². The highest BCUT2D eigenvalue weighted by Gasteiger charge is 2.20. The molecular formula is C16H22FN5O. The first kappa shape index (κ1) is 16.0. The quantitative estimate of drug-likeness (QED) is 0.765. The molecule has 1 aliphatic rings. The van der Waals surface area contributed by atoms with E-state index in [0.29, 0.717) is 26.2 Å². The van der Waals surface area contributed by atoms with Crippen LogP contribution in [0, 0.1) is 5.82 Å². The highest BCUT2D eigenvalue weighted by Crippen LogP contribution is 2.15. The Balaban J connectivity index is 1.60. The number of ether oxygens (including phenoxy) is 1. The van der Waals surface area contributed by atoms with Gasteiger partial charge in [0.15, 0.2) is 0 Å². The highest BCUT2D eigenvalue weighted by molar-refractivity contribution is 5.20. The fraction of sp³-hybridized carbons (Fsp3) is 0.500. The lowest BCUT2D eigenvalue weighted by atomic mass is 10.1. The van der Waals surface area contributed by atoms with Crippen molar-refractivity contribution in [1.29, 1.82) is 0 Å². The fourth-order valence-electron chi connectivity index (χ4n) is 2.80. The van der Waals surface area contributed by atoms with Crippen molar-refractivity contribution in [2.24, 2.45) is 5.73 Å². The zero-order valence-electron chi connectivity index (χ0n) is 13.1. The van der Waals surface area contributed by atoms with Crippen molar-refractivity contribution in [3.8, 4) is 0 Å². The van der Waals surface area contributed by atoms with Gasteiger partial charge in [-0.05, 0) is 17.7 Å². The molecule has 0 spiro atoms.